The van der Waals surface area contributed by atoms with Crippen molar-refractivity contribution in [3.8, 4) is 0 Å². The van der Waals surface area contributed by atoms with Crippen LogP contribution in [0.15, 0.2) is 12.3 Å². The van der Waals surface area contributed by atoms with Crippen LogP contribution >= 0.6 is 0 Å². The standard InChI is InChI=1S/C14H18N2O3/c1-4-5-12(17)10-6-11-9(7-15-10)14(2,3)8-16(11)13(18)19/h6-7H,4-5,8H2,1-3H3,(H,18,19). The average molecular weight is 262 g/mol. The topological polar surface area (TPSA) is 70.5 Å². The molecule has 0 aromatic carbocycles. The van der Waals surface area contributed by atoms with E-state index in [0.29, 0.717) is 24.3 Å². The monoisotopic (exact) mass is 262 g/mol. The molecule has 19 heavy (non-hydrogen) atoms. The van der Waals surface area contributed by atoms with Gasteiger partial charge in [0.15, 0.2) is 5.78 Å². The summed E-state index contributed by atoms with van der Waals surface area (Å²) in [7, 11) is 0. The molecule has 0 bridgehead atoms. The molecule has 1 amide bonds. The van der Waals surface area contributed by atoms with Crippen molar-refractivity contribution >= 4 is 17.6 Å². The first-order valence-electron chi connectivity index (χ1n) is 6.41. The first-order valence-corrected chi connectivity index (χ1v) is 6.41. The largest absolute Gasteiger partial charge is 0.465 e. The smallest absolute Gasteiger partial charge is 0.411 e. The molecular formula is C14H18N2O3. The maximum atomic E-state index is 11.9. The van der Waals surface area contributed by atoms with Gasteiger partial charge in [-0.25, -0.2) is 4.79 Å². The van der Waals surface area contributed by atoms with Crippen LogP contribution in [-0.2, 0) is 5.41 Å². The number of hydrogen-bond acceptors (Lipinski definition) is 3. The highest BCUT2D eigenvalue weighted by molar-refractivity contribution is 5.97. The Balaban J connectivity index is 2.46. The van der Waals surface area contributed by atoms with Crippen LogP contribution in [0.4, 0.5) is 10.5 Å². The molecule has 0 spiro atoms. The summed E-state index contributed by atoms with van der Waals surface area (Å²) >= 11 is 0. The van der Waals surface area contributed by atoms with Crippen molar-refractivity contribution in [1.82, 2.24) is 4.98 Å². The Kier molecular flexibility index (Phi) is 3.30. The zero-order valence-corrected chi connectivity index (χ0v) is 11.4. The second-order valence-corrected chi connectivity index (χ2v) is 5.51. The number of Topliss-reactive ketones (excluding diaryl/α,β-unsaturated/α-hetero) is 1. The lowest BCUT2D eigenvalue weighted by Gasteiger charge is -2.18. The molecule has 2 rings (SSSR count). The third kappa shape index (κ3) is 2.32. The van der Waals surface area contributed by atoms with Gasteiger partial charge in [-0.15, -0.1) is 0 Å². The molecule has 5 nitrogen and oxygen atoms in total. The molecular weight excluding hydrogens is 244 g/mol. The van der Waals surface area contributed by atoms with Crippen LogP contribution in [0.25, 0.3) is 0 Å². The van der Waals surface area contributed by atoms with E-state index in [2.05, 4.69) is 4.98 Å². The average Bonchev–Trinajstić information content (AvgIpc) is 2.61. The number of ketones is 1. The Bertz CT molecular complexity index is 537. The Hall–Kier alpha value is -1.91. The number of amides is 1. The molecule has 0 aliphatic carbocycles. The molecule has 0 saturated carbocycles. The molecule has 1 aliphatic rings. The number of anilines is 1. The predicted molar refractivity (Wildman–Crippen MR) is 71.9 cm³/mol. The summed E-state index contributed by atoms with van der Waals surface area (Å²) in [4.78, 5) is 28.6. The highest BCUT2D eigenvalue weighted by Crippen LogP contribution is 2.40. The minimum Gasteiger partial charge on any atom is -0.465 e. The molecule has 1 aromatic rings. The van der Waals surface area contributed by atoms with Gasteiger partial charge in [0.25, 0.3) is 0 Å². The van der Waals surface area contributed by atoms with E-state index in [1.54, 1.807) is 12.3 Å². The van der Waals surface area contributed by atoms with Gasteiger partial charge < -0.3 is 5.11 Å². The zero-order chi connectivity index (χ0) is 14.2. The van der Waals surface area contributed by atoms with Gasteiger partial charge in [-0.1, -0.05) is 20.8 Å². The second kappa shape index (κ2) is 4.64. The molecule has 0 atom stereocenters. The molecule has 0 unspecified atom stereocenters. The fourth-order valence-electron chi connectivity index (χ4n) is 2.43. The van der Waals surface area contributed by atoms with Gasteiger partial charge in [0, 0.05) is 30.1 Å². The minimum atomic E-state index is -0.994. The van der Waals surface area contributed by atoms with E-state index < -0.39 is 6.09 Å². The third-order valence-corrected chi connectivity index (χ3v) is 3.45. The Morgan fingerprint density at radius 3 is 2.74 bits per heavy atom. The van der Waals surface area contributed by atoms with Crippen LogP contribution in [0.5, 0.6) is 0 Å². The van der Waals surface area contributed by atoms with Crippen LogP contribution in [-0.4, -0.2) is 28.5 Å². The van der Waals surface area contributed by atoms with Crippen LogP contribution in [0, 0.1) is 0 Å². The number of rotatable bonds is 3. The number of hydrogen-bond donors (Lipinski definition) is 1. The van der Waals surface area contributed by atoms with E-state index in [1.807, 2.05) is 20.8 Å². The van der Waals surface area contributed by atoms with Gasteiger partial charge in [-0.2, -0.15) is 0 Å². The normalized spacial score (nSPS) is 16.3. The van der Waals surface area contributed by atoms with Crippen molar-refractivity contribution in [1.29, 1.82) is 0 Å². The summed E-state index contributed by atoms with van der Waals surface area (Å²) < 4.78 is 0. The third-order valence-electron chi connectivity index (χ3n) is 3.45. The Morgan fingerprint density at radius 1 is 1.47 bits per heavy atom. The zero-order valence-electron chi connectivity index (χ0n) is 11.4. The van der Waals surface area contributed by atoms with E-state index >= 15 is 0 Å². The second-order valence-electron chi connectivity index (χ2n) is 5.51. The number of carbonyl (C=O) groups is 2. The minimum absolute atomic E-state index is 0.0413. The SMILES string of the molecule is CCCC(=O)c1cc2c(cn1)C(C)(C)CN2C(=O)O. The fraction of sp³-hybridized carbons (Fsp3) is 0.500. The van der Waals surface area contributed by atoms with Crippen LogP contribution in [0.2, 0.25) is 0 Å². The molecule has 2 heterocycles. The molecule has 0 fully saturated rings. The number of fused-ring (bicyclic) bond motifs is 1. The first-order chi connectivity index (χ1) is 8.86. The van der Waals surface area contributed by atoms with Gasteiger partial charge in [0.1, 0.15) is 5.69 Å². The molecule has 0 radical (unpaired) electrons. The molecule has 1 N–H and O–H groups in total. The van der Waals surface area contributed by atoms with Gasteiger partial charge in [-0.05, 0) is 12.5 Å². The van der Waals surface area contributed by atoms with Crippen LogP contribution < -0.4 is 4.90 Å². The Morgan fingerprint density at radius 2 is 2.16 bits per heavy atom. The summed E-state index contributed by atoms with van der Waals surface area (Å²) in [5, 5.41) is 9.25. The summed E-state index contributed by atoms with van der Waals surface area (Å²) in [6.45, 7) is 6.27. The van der Waals surface area contributed by atoms with Crippen LogP contribution in [0.3, 0.4) is 0 Å². The number of nitrogens with zero attached hydrogens (tertiary/aromatic N) is 2. The predicted octanol–water partition coefficient (Wildman–Crippen LogP) is 2.84. The lowest BCUT2D eigenvalue weighted by atomic mass is 9.88. The molecule has 102 valence electrons. The van der Waals surface area contributed by atoms with Crippen molar-refractivity contribution < 1.29 is 14.7 Å². The van der Waals surface area contributed by atoms with E-state index in [1.165, 1.54) is 4.90 Å². The van der Waals surface area contributed by atoms with Gasteiger partial charge in [0.05, 0.1) is 5.69 Å². The fourth-order valence-corrected chi connectivity index (χ4v) is 2.43. The number of pyridine rings is 1. The van der Waals surface area contributed by atoms with Crippen molar-refractivity contribution in [2.24, 2.45) is 0 Å². The van der Waals surface area contributed by atoms with E-state index in [-0.39, 0.29) is 11.2 Å². The summed E-state index contributed by atoms with van der Waals surface area (Å²) in [5.41, 5.74) is 1.55. The highest BCUT2D eigenvalue weighted by Gasteiger charge is 2.38. The maximum absolute atomic E-state index is 11.9. The van der Waals surface area contributed by atoms with Gasteiger partial charge in [0.2, 0.25) is 0 Å². The Labute approximate surface area is 112 Å². The molecule has 1 aliphatic heterocycles. The lowest BCUT2D eigenvalue weighted by Crippen LogP contribution is -2.32. The van der Waals surface area contributed by atoms with Crippen molar-refractivity contribution in [2.75, 3.05) is 11.4 Å². The number of carbonyl (C=O) groups excluding carboxylic acids is 1. The van der Waals surface area contributed by atoms with Crippen molar-refractivity contribution in [3.63, 3.8) is 0 Å². The first kappa shape index (κ1) is 13.5. The molecule has 0 saturated heterocycles. The van der Waals surface area contributed by atoms with E-state index in [4.69, 9.17) is 0 Å². The quantitative estimate of drug-likeness (QED) is 0.850. The van der Waals surface area contributed by atoms with E-state index in [9.17, 15) is 14.7 Å². The van der Waals surface area contributed by atoms with Crippen LogP contribution in [0.1, 0.15) is 49.7 Å². The number of aromatic nitrogens is 1. The van der Waals surface area contributed by atoms with Crippen molar-refractivity contribution in [3.05, 3.63) is 23.5 Å². The maximum Gasteiger partial charge on any atom is 0.411 e. The molecule has 5 heteroatoms. The lowest BCUT2D eigenvalue weighted by molar-refractivity contribution is 0.0977. The summed E-state index contributed by atoms with van der Waals surface area (Å²) in [6, 6.07) is 1.61. The highest BCUT2D eigenvalue weighted by atomic mass is 16.4. The van der Waals surface area contributed by atoms with Crippen molar-refractivity contribution in [2.45, 2.75) is 39.0 Å². The summed E-state index contributed by atoms with van der Waals surface area (Å²) in [6.07, 6.45) is 1.83. The molecule has 1 aromatic heterocycles. The summed E-state index contributed by atoms with van der Waals surface area (Å²) in [5.74, 6) is -0.0413. The van der Waals surface area contributed by atoms with E-state index in [0.717, 1.165) is 12.0 Å². The number of carboxylic acid groups (broad SMARTS) is 1. The van der Waals surface area contributed by atoms with Gasteiger partial charge in [-0.3, -0.25) is 14.7 Å². The van der Waals surface area contributed by atoms with Gasteiger partial charge >= 0.3 is 6.09 Å².